The van der Waals surface area contributed by atoms with E-state index in [1.165, 1.54) is 22.5 Å². The zero-order valence-corrected chi connectivity index (χ0v) is 18.5. The molecule has 0 unspecified atom stereocenters. The van der Waals surface area contributed by atoms with Gasteiger partial charge in [-0.2, -0.15) is 0 Å². The zero-order valence-electron chi connectivity index (χ0n) is 17.7. The van der Waals surface area contributed by atoms with Gasteiger partial charge in [0.2, 0.25) is 0 Å². The molecule has 1 aliphatic heterocycles. The summed E-state index contributed by atoms with van der Waals surface area (Å²) in [6.07, 6.45) is 5.14. The van der Waals surface area contributed by atoms with Gasteiger partial charge in [-0.25, -0.2) is 15.0 Å². The molecule has 0 bridgehead atoms. The van der Waals surface area contributed by atoms with Gasteiger partial charge < -0.3 is 10.1 Å². The number of fused-ring (bicyclic) bond motifs is 1. The fourth-order valence-corrected chi connectivity index (χ4v) is 4.57. The molecule has 30 heavy (non-hydrogen) atoms. The molecule has 0 spiro atoms. The molecular formula is C23H27N5OS. The van der Waals surface area contributed by atoms with Crippen LogP contribution in [0.15, 0.2) is 48.7 Å². The Hall–Kier alpha value is -2.61. The molecule has 0 amide bonds. The van der Waals surface area contributed by atoms with E-state index in [0.717, 1.165) is 58.6 Å². The van der Waals surface area contributed by atoms with Crippen molar-refractivity contribution >= 4 is 38.2 Å². The first-order valence-corrected chi connectivity index (χ1v) is 10.9. The minimum atomic E-state index is 0.345. The molecule has 3 aromatic rings. The Balaban J connectivity index is 1.50. The number of rotatable bonds is 7. The van der Waals surface area contributed by atoms with Crippen LogP contribution in [-0.4, -0.2) is 46.2 Å². The third kappa shape index (κ3) is 4.59. The van der Waals surface area contributed by atoms with Gasteiger partial charge in [-0.15, -0.1) is 0 Å². The lowest BCUT2D eigenvalue weighted by Gasteiger charge is -2.16. The SMILES string of the molecule is C=CC(=C(C)C)c1ccc2nc(Nc3cc(CN4CC[C@@H](OC)C4)ccn3)sc2n1. The molecule has 0 aromatic carbocycles. The summed E-state index contributed by atoms with van der Waals surface area (Å²) in [5.74, 6) is 0.797. The molecule has 1 fully saturated rings. The van der Waals surface area contributed by atoms with Crippen molar-refractivity contribution in [2.45, 2.75) is 32.9 Å². The lowest BCUT2D eigenvalue weighted by Crippen LogP contribution is -2.22. The van der Waals surface area contributed by atoms with Crippen molar-refractivity contribution in [3.63, 3.8) is 0 Å². The summed E-state index contributed by atoms with van der Waals surface area (Å²) in [5.41, 5.74) is 5.28. The quantitative estimate of drug-likeness (QED) is 0.540. The summed E-state index contributed by atoms with van der Waals surface area (Å²) < 4.78 is 5.47. The number of pyridine rings is 2. The van der Waals surface area contributed by atoms with Crippen molar-refractivity contribution in [1.29, 1.82) is 0 Å². The van der Waals surface area contributed by atoms with Crippen molar-refractivity contribution in [3.05, 3.63) is 59.9 Å². The summed E-state index contributed by atoms with van der Waals surface area (Å²) >= 11 is 1.53. The van der Waals surface area contributed by atoms with Crippen LogP contribution in [0.5, 0.6) is 0 Å². The van der Waals surface area contributed by atoms with Gasteiger partial charge in [0, 0.05) is 32.9 Å². The van der Waals surface area contributed by atoms with Crippen LogP contribution in [0.2, 0.25) is 0 Å². The second kappa shape index (κ2) is 9.04. The van der Waals surface area contributed by atoms with E-state index >= 15 is 0 Å². The number of allylic oxidation sites excluding steroid dienone is 3. The van der Waals surface area contributed by atoms with E-state index in [0.29, 0.717) is 6.10 Å². The molecule has 1 saturated heterocycles. The van der Waals surface area contributed by atoms with Gasteiger partial charge in [-0.05, 0) is 55.7 Å². The number of methoxy groups -OCH3 is 1. The zero-order chi connectivity index (χ0) is 21.1. The van der Waals surface area contributed by atoms with Crippen molar-refractivity contribution in [3.8, 4) is 0 Å². The van der Waals surface area contributed by atoms with E-state index in [1.807, 2.05) is 24.4 Å². The first kappa shape index (κ1) is 20.7. The molecule has 4 rings (SSSR count). The molecule has 7 heteroatoms. The summed E-state index contributed by atoms with van der Waals surface area (Å²) in [4.78, 5) is 17.2. The maximum Gasteiger partial charge on any atom is 0.190 e. The third-order valence-electron chi connectivity index (χ3n) is 5.30. The number of ether oxygens (including phenoxy) is 1. The number of thiazole rings is 1. The van der Waals surface area contributed by atoms with Crippen LogP contribution in [0.25, 0.3) is 15.9 Å². The fourth-order valence-electron chi connectivity index (χ4n) is 3.73. The number of anilines is 2. The Labute approximate surface area is 181 Å². The molecule has 0 radical (unpaired) electrons. The Bertz CT molecular complexity index is 1090. The van der Waals surface area contributed by atoms with Crippen molar-refractivity contribution in [1.82, 2.24) is 19.9 Å². The number of likely N-dealkylation sites (tertiary alicyclic amines) is 1. The molecule has 156 valence electrons. The van der Waals surface area contributed by atoms with Gasteiger partial charge >= 0.3 is 0 Å². The first-order valence-electron chi connectivity index (χ1n) is 10.1. The maximum absolute atomic E-state index is 5.47. The monoisotopic (exact) mass is 421 g/mol. The van der Waals surface area contributed by atoms with Crippen LogP contribution in [0.1, 0.15) is 31.5 Å². The van der Waals surface area contributed by atoms with Gasteiger partial charge in [0.25, 0.3) is 0 Å². The summed E-state index contributed by atoms with van der Waals surface area (Å²) in [6, 6.07) is 8.16. The fraction of sp³-hybridized carbons (Fsp3) is 0.348. The predicted octanol–water partition coefficient (Wildman–Crippen LogP) is 5.03. The Morgan fingerprint density at radius 1 is 1.33 bits per heavy atom. The topological polar surface area (TPSA) is 63.2 Å². The second-order valence-corrected chi connectivity index (χ2v) is 8.69. The molecule has 0 saturated carbocycles. The highest BCUT2D eigenvalue weighted by atomic mass is 32.1. The van der Waals surface area contributed by atoms with E-state index in [1.54, 1.807) is 7.11 Å². The lowest BCUT2D eigenvalue weighted by atomic mass is 10.1. The van der Waals surface area contributed by atoms with E-state index in [2.05, 4.69) is 52.7 Å². The Morgan fingerprint density at radius 3 is 2.93 bits per heavy atom. The highest BCUT2D eigenvalue weighted by molar-refractivity contribution is 7.21. The second-order valence-electron chi connectivity index (χ2n) is 7.71. The highest BCUT2D eigenvalue weighted by Gasteiger charge is 2.22. The van der Waals surface area contributed by atoms with E-state index in [-0.39, 0.29) is 0 Å². The van der Waals surface area contributed by atoms with Gasteiger partial charge in [0.15, 0.2) is 5.13 Å². The summed E-state index contributed by atoms with van der Waals surface area (Å²) in [6.45, 7) is 11.0. The van der Waals surface area contributed by atoms with Crippen molar-refractivity contribution < 1.29 is 4.74 Å². The summed E-state index contributed by atoms with van der Waals surface area (Å²) in [5, 5.41) is 4.13. The van der Waals surface area contributed by atoms with Crippen LogP contribution in [-0.2, 0) is 11.3 Å². The third-order valence-corrected chi connectivity index (χ3v) is 6.18. The van der Waals surface area contributed by atoms with Crippen LogP contribution in [0.3, 0.4) is 0 Å². The van der Waals surface area contributed by atoms with E-state index < -0.39 is 0 Å². The van der Waals surface area contributed by atoms with Crippen LogP contribution in [0.4, 0.5) is 10.9 Å². The average Bonchev–Trinajstić information content (AvgIpc) is 3.34. The highest BCUT2D eigenvalue weighted by Crippen LogP contribution is 2.29. The molecule has 3 aromatic heterocycles. The maximum atomic E-state index is 5.47. The lowest BCUT2D eigenvalue weighted by molar-refractivity contribution is 0.107. The Morgan fingerprint density at radius 2 is 2.20 bits per heavy atom. The van der Waals surface area contributed by atoms with Crippen LogP contribution >= 0.6 is 11.3 Å². The smallest absolute Gasteiger partial charge is 0.190 e. The molecular weight excluding hydrogens is 394 g/mol. The molecule has 1 atom stereocenters. The van der Waals surface area contributed by atoms with E-state index in [9.17, 15) is 0 Å². The van der Waals surface area contributed by atoms with Crippen molar-refractivity contribution in [2.75, 3.05) is 25.5 Å². The molecule has 4 heterocycles. The van der Waals surface area contributed by atoms with E-state index in [4.69, 9.17) is 9.72 Å². The summed E-state index contributed by atoms with van der Waals surface area (Å²) in [7, 11) is 1.79. The van der Waals surface area contributed by atoms with Crippen LogP contribution in [0, 0.1) is 0 Å². The molecule has 1 N–H and O–H groups in total. The van der Waals surface area contributed by atoms with Crippen molar-refractivity contribution in [2.24, 2.45) is 0 Å². The number of hydrogen-bond donors (Lipinski definition) is 1. The molecule has 6 nitrogen and oxygen atoms in total. The number of nitrogens with zero attached hydrogens (tertiary/aromatic N) is 4. The average molecular weight is 422 g/mol. The van der Waals surface area contributed by atoms with Gasteiger partial charge in [0.05, 0.1) is 11.8 Å². The normalized spacial score (nSPS) is 16.7. The molecule has 1 aliphatic rings. The van der Waals surface area contributed by atoms with Crippen LogP contribution < -0.4 is 5.32 Å². The Kier molecular flexibility index (Phi) is 6.22. The predicted molar refractivity (Wildman–Crippen MR) is 124 cm³/mol. The van der Waals surface area contributed by atoms with Gasteiger partial charge in [-0.1, -0.05) is 29.6 Å². The number of hydrogen-bond acceptors (Lipinski definition) is 7. The van der Waals surface area contributed by atoms with Gasteiger partial charge in [0.1, 0.15) is 16.2 Å². The minimum Gasteiger partial charge on any atom is -0.380 e. The number of aromatic nitrogens is 3. The first-order chi connectivity index (χ1) is 14.6. The standard InChI is InChI=1S/C23H27N5OS/c1-5-18(15(2)3)19-6-7-20-22(25-19)30-23(26-20)27-21-12-16(8-10-24-21)13-28-11-9-17(14-28)29-4/h5-8,10,12,17H,1,9,11,13-14H2,2-4H3,(H,24,26,27)/t17-/m1/s1. The largest absolute Gasteiger partial charge is 0.380 e. The van der Waals surface area contributed by atoms with Gasteiger partial charge in [-0.3, -0.25) is 4.90 Å². The minimum absolute atomic E-state index is 0.345. The number of nitrogens with one attached hydrogen (secondary N) is 1. The molecule has 0 aliphatic carbocycles.